The normalized spacial score (nSPS) is 18.9. The van der Waals surface area contributed by atoms with Crippen LogP contribution in [-0.4, -0.2) is 18.6 Å². The molecule has 0 spiro atoms. The second-order valence-electron chi connectivity index (χ2n) is 6.87. The summed E-state index contributed by atoms with van der Waals surface area (Å²) in [6.45, 7) is 2.19. The van der Waals surface area contributed by atoms with Crippen molar-refractivity contribution in [2.75, 3.05) is 11.5 Å². The molecule has 0 saturated heterocycles. The van der Waals surface area contributed by atoms with Crippen molar-refractivity contribution < 1.29 is 9.53 Å². The van der Waals surface area contributed by atoms with Gasteiger partial charge in [-0.2, -0.15) is 0 Å². The fourth-order valence-electron chi connectivity index (χ4n) is 3.96. The summed E-state index contributed by atoms with van der Waals surface area (Å²) in [4.78, 5) is 14.6. The summed E-state index contributed by atoms with van der Waals surface area (Å²) < 4.78 is 5.82. The molecule has 0 fully saturated rings. The Hall–Kier alpha value is -2.29. The van der Waals surface area contributed by atoms with Crippen LogP contribution >= 0.6 is 0 Å². The Bertz CT molecular complexity index is 768. The predicted molar refractivity (Wildman–Crippen MR) is 95.7 cm³/mol. The molecule has 2 aliphatic rings. The van der Waals surface area contributed by atoms with Gasteiger partial charge in [0.05, 0.1) is 0 Å². The Morgan fingerprint density at radius 1 is 1.08 bits per heavy atom. The zero-order valence-corrected chi connectivity index (χ0v) is 14.1. The Balaban J connectivity index is 1.45. The third kappa shape index (κ3) is 2.79. The quantitative estimate of drug-likeness (QED) is 0.857. The highest BCUT2D eigenvalue weighted by atomic mass is 16.5. The van der Waals surface area contributed by atoms with Gasteiger partial charge in [-0.15, -0.1) is 0 Å². The first-order valence-corrected chi connectivity index (χ1v) is 8.87. The van der Waals surface area contributed by atoms with Gasteiger partial charge in [-0.1, -0.05) is 24.3 Å². The van der Waals surface area contributed by atoms with Gasteiger partial charge >= 0.3 is 0 Å². The summed E-state index contributed by atoms with van der Waals surface area (Å²) in [5.41, 5.74) is 5.09. The molecule has 2 aromatic rings. The molecule has 1 unspecified atom stereocenters. The van der Waals surface area contributed by atoms with E-state index in [4.69, 9.17) is 4.74 Å². The molecule has 1 aliphatic carbocycles. The maximum absolute atomic E-state index is 12.7. The molecule has 3 nitrogen and oxygen atoms in total. The van der Waals surface area contributed by atoms with Crippen LogP contribution in [0, 0.1) is 0 Å². The minimum absolute atomic E-state index is 0.0326. The summed E-state index contributed by atoms with van der Waals surface area (Å²) in [5.74, 6) is 0.842. The first kappa shape index (κ1) is 15.3. The van der Waals surface area contributed by atoms with E-state index in [-0.39, 0.29) is 18.6 Å². The lowest BCUT2D eigenvalue weighted by molar-refractivity contribution is -0.120. The number of hydrogen-bond donors (Lipinski definition) is 0. The Morgan fingerprint density at radius 2 is 1.88 bits per heavy atom. The van der Waals surface area contributed by atoms with E-state index in [1.54, 1.807) is 0 Å². The molecule has 3 heteroatoms. The smallest absolute Gasteiger partial charge is 0.265 e. The predicted octanol–water partition coefficient (Wildman–Crippen LogP) is 3.92. The van der Waals surface area contributed by atoms with E-state index < -0.39 is 0 Å². The molecule has 0 aromatic heterocycles. The number of carbonyl (C=O) groups is 1. The molecule has 1 aliphatic heterocycles. The fourth-order valence-corrected chi connectivity index (χ4v) is 3.96. The molecule has 1 atom stereocenters. The molecule has 4 rings (SSSR count). The number of carbonyl (C=O) groups excluding carboxylic acids is 1. The first-order chi connectivity index (χ1) is 11.7. The number of fused-ring (bicyclic) bond motifs is 2. The zero-order chi connectivity index (χ0) is 16.5. The highest BCUT2D eigenvalue weighted by Crippen LogP contribution is 2.32. The molecule has 0 N–H and O–H groups in total. The summed E-state index contributed by atoms with van der Waals surface area (Å²) in [6, 6.07) is 14.6. The largest absolute Gasteiger partial charge is 0.484 e. The van der Waals surface area contributed by atoms with E-state index in [0.717, 1.165) is 30.7 Å². The van der Waals surface area contributed by atoms with Gasteiger partial charge in [-0.05, 0) is 73.9 Å². The Kier molecular flexibility index (Phi) is 4.01. The third-order valence-electron chi connectivity index (χ3n) is 5.16. The lowest BCUT2D eigenvalue weighted by atomic mass is 9.92. The van der Waals surface area contributed by atoms with Crippen LogP contribution < -0.4 is 9.64 Å². The van der Waals surface area contributed by atoms with Crippen molar-refractivity contribution in [3.8, 4) is 5.75 Å². The molecule has 24 heavy (non-hydrogen) atoms. The lowest BCUT2D eigenvalue weighted by Gasteiger charge is -2.23. The number of para-hydroxylation sites is 1. The highest BCUT2D eigenvalue weighted by molar-refractivity contribution is 5.97. The summed E-state index contributed by atoms with van der Waals surface area (Å²) >= 11 is 0. The zero-order valence-electron chi connectivity index (χ0n) is 14.1. The van der Waals surface area contributed by atoms with Gasteiger partial charge in [0.2, 0.25) is 0 Å². The van der Waals surface area contributed by atoms with E-state index in [9.17, 15) is 4.79 Å². The number of hydrogen-bond acceptors (Lipinski definition) is 2. The van der Waals surface area contributed by atoms with Gasteiger partial charge in [-0.25, -0.2) is 0 Å². The molecule has 1 amide bonds. The number of anilines is 1. The van der Waals surface area contributed by atoms with Crippen LogP contribution in [0.4, 0.5) is 5.69 Å². The van der Waals surface area contributed by atoms with Crippen LogP contribution in [0.1, 0.15) is 36.5 Å². The lowest BCUT2D eigenvalue weighted by Crippen LogP contribution is -2.39. The van der Waals surface area contributed by atoms with Crippen molar-refractivity contribution >= 4 is 11.6 Å². The molecule has 124 valence electrons. The van der Waals surface area contributed by atoms with Crippen molar-refractivity contribution in [3.63, 3.8) is 0 Å². The summed E-state index contributed by atoms with van der Waals surface area (Å²) in [7, 11) is 0. The highest BCUT2D eigenvalue weighted by Gasteiger charge is 2.30. The summed E-state index contributed by atoms with van der Waals surface area (Å²) in [6.07, 6.45) is 5.73. The van der Waals surface area contributed by atoms with E-state index in [1.165, 1.54) is 29.5 Å². The van der Waals surface area contributed by atoms with Crippen molar-refractivity contribution in [3.05, 3.63) is 59.2 Å². The van der Waals surface area contributed by atoms with Crippen molar-refractivity contribution in [2.45, 2.75) is 45.1 Å². The molecule has 2 aromatic carbocycles. The van der Waals surface area contributed by atoms with Crippen molar-refractivity contribution in [1.82, 2.24) is 0 Å². The Labute approximate surface area is 143 Å². The van der Waals surface area contributed by atoms with Gasteiger partial charge in [-0.3, -0.25) is 4.79 Å². The van der Waals surface area contributed by atoms with Gasteiger partial charge in [0, 0.05) is 11.7 Å². The number of benzene rings is 2. The van der Waals surface area contributed by atoms with Crippen molar-refractivity contribution in [1.29, 1.82) is 0 Å². The number of aryl methyl sites for hydroxylation is 2. The standard InChI is InChI=1S/C21H23NO2/c1-15-12-18-8-4-5-9-20(18)22(15)21(23)14-24-19-11-10-16-6-2-3-7-17(16)13-19/h4-5,8-11,13,15H,2-3,6-7,12,14H2,1H3. The molecular weight excluding hydrogens is 298 g/mol. The van der Waals surface area contributed by atoms with Crippen LogP contribution in [0.15, 0.2) is 42.5 Å². The maximum Gasteiger partial charge on any atom is 0.265 e. The average Bonchev–Trinajstić information content (AvgIpc) is 2.95. The Morgan fingerprint density at radius 3 is 2.75 bits per heavy atom. The van der Waals surface area contributed by atoms with Gasteiger partial charge in [0.15, 0.2) is 6.61 Å². The molecule has 1 heterocycles. The number of nitrogens with zero attached hydrogens (tertiary/aromatic N) is 1. The number of ether oxygens (including phenoxy) is 1. The van der Waals surface area contributed by atoms with Crippen LogP contribution in [0.5, 0.6) is 5.75 Å². The molecular formula is C21H23NO2. The number of amides is 1. The SMILES string of the molecule is CC1Cc2ccccc2N1C(=O)COc1ccc2c(c1)CCCC2. The van der Waals surface area contributed by atoms with E-state index in [0.29, 0.717) is 0 Å². The second-order valence-corrected chi connectivity index (χ2v) is 6.87. The van der Waals surface area contributed by atoms with Gasteiger partial charge in [0.25, 0.3) is 5.91 Å². The maximum atomic E-state index is 12.7. The molecule has 0 bridgehead atoms. The van der Waals surface area contributed by atoms with E-state index in [1.807, 2.05) is 29.2 Å². The van der Waals surface area contributed by atoms with E-state index in [2.05, 4.69) is 25.1 Å². The van der Waals surface area contributed by atoms with Gasteiger partial charge < -0.3 is 9.64 Å². The van der Waals surface area contributed by atoms with Crippen molar-refractivity contribution in [2.24, 2.45) is 0 Å². The molecule has 0 radical (unpaired) electrons. The van der Waals surface area contributed by atoms with Crippen LogP contribution in [0.2, 0.25) is 0 Å². The van der Waals surface area contributed by atoms with Crippen LogP contribution in [0.25, 0.3) is 0 Å². The first-order valence-electron chi connectivity index (χ1n) is 8.87. The fraction of sp³-hybridized carbons (Fsp3) is 0.381. The van der Waals surface area contributed by atoms with Crippen LogP contribution in [0.3, 0.4) is 0 Å². The minimum Gasteiger partial charge on any atom is -0.484 e. The average molecular weight is 321 g/mol. The topological polar surface area (TPSA) is 29.5 Å². The second kappa shape index (κ2) is 6.31. The summed E-state index contributed by atoms with van der Waals surface area (Å²) in [5, 5.41) is 0. The third-order valence-corrected chi connectivity index (χ3v) is 5.16. The van der Waals surface area contributed by atoms with E-state index >= 15 is 0 Å². The molecule has 0 saturated carbocycles. The number of rotatable bonds is 3. The minimum atomic E-state index is 0.0326. The van der Waals surface area contributed by atoms with Gasteiger partial charge in [0.1, 0.15) is 5.75 Å². The van der Waals surface area contributed by atoms with Crippen LogP contribution in [-0.2, 0) is 24.1 Å². The monoisotopic (exact) mass is 321 g/mol.